The van der Waals surface area contributed by atoms with E-state index in [1.807, 2.05) is 37.3 Å². The minimum atomic E-state index is -0.221. The van der Waals surface area contributed by atoms with Crippen molar-refractivity contribution in [1.29, 1.82) is 0 Å². The Kier molecular flexibility index (Phi) is 5.89. The van der Waals surface area contributed by atoms with Crippen LogP contribution in [0, 0.1) is 0 Å². The van der Waals surface area contributed by atoms with Gasteiger partial charge in [-0.1, -0.05) is 37.3 Å². The van der Waals surface area contributed by atoms with Crippen LogP contribution >= 0.6 is 0 Å². The van der Waals surface area contributed by atoms with E-state index in [1.165, 1.54) is 4.68 Å². The van der Waals surface area contributed by atoms with Gasteiger partial charge in [0.15, 0.2) is 0 Å². The number of esters is 1. The number of hydrogen-bond donors (Lipinski definition) is 0. The maximum atomic E-state index is 12.3. The molecule has 1 aromatic carbocycles. The summed E-state index contributed by atoms with van der Waals surface area (Å²) in [5, 5.41) is 4.10. The zero-order valence-electron chi connectivity index (χ0n) is 12.7. The molecule has 0 aliphatic rings. The summed E-state index contributed by atoms with van der Waals surface area (Å²) in [4.78, 5) is 23.6. The van der Waals surface area contributed by atoms with Gasteiger partial charge >= 0.3 is 5.97 Å². The van der Waals surface area contributed by atoms with Crippen LogP contribution in [0.4, 0.5) is 0 Å². The van der Waals surface area contributed by atoms with Crippen LogP contribution in [0.5, 0.6) is 0 Å². The lowest BCUT2D eigenvalue weighted by Crippen LogP contribution is -2.27. The fraction of sp³-hybridized carbons (Fsp3) is 0.353. The van der Waals surface area contributed by atoms with Gasteiger partial charge in [0.25, 0.3) is 5.56 Å². The zero-order valence-corrected chi connectivity index (χ0v) is 12.7. The van der Waals surface area contributed by atoms with Crippen molar-refractivity contribution in [2.45, 2.75) is 32.7 Å². The number of aromatic nitrogens is 2. The Labute approximate surface area is 129 Å². The third-order valence-electron chi connectivity index (χ3n) is 3.25. The molecule has 0 bridgehead atoms. The largest absolute Gasteiger partial charge is 0.465 e. The summed E-state index contributed by atoms with van der Waals surface area (Å²) in [6.45, 7) is 2.58. The third-order valence-corrected chi connectivity index (χ3v) is 3.25. The fourth-order valence-corrected chi connectivity index (χ4v) is 2.10. The van der Waals surface area contributed by atoms with Gasteiger partial charge in [0.2, 0.25) is 0 Å². The number of ether oxygens (including phenoxy) is 1. The predicted molar refractivity (Wildman–Crippen MR) is 83.6 cm³/mol. The van der Waals surface area contributed by atoms with E-state index in [0.29, 0.717) is 24.9 Å². The van der Waals surface area contributed by atoms with Crippen molar-refractivity contribution in [3.63, 3.8) is 0 Å². The summed E-state index contributed by atoms with van der Waals surface area (Å²) >= 11 is 0. The molecule has 22 heavy (non-hydrogen) atoms. The van der Waals surface area contributed by atoms with Crippen molar-refractivity contribution in [2.24, 2.45) is 0 Å². The third kappa shape index (κ3) is 4.55. The summed E-state index contributed by atoms with van der Waals surface area (Å²) in [6.07, 6.45) is 3.19. The highest BCUT2D eigenvalue weighted by Gasteiger charge is 2.07. The zero-order chi connectivity index (χ0) is 15.8. The molecule has 0 fully saturated rings. The molecule has 1 aromatic heterocycles. The first kappa shape index (κ1) is 15.9. The van der Waals surface area contributed by atoms with E-state index in [4.69, 9.17) is 4.74 Å². The Morgan fingerprint density at radius 3 is 2.73 bits per heavy atom. The maximum absolute atomic E-state index is 12.3. The van der Waals surface area contributed by atoms with Gasteiger partial charge in [-0.05, 0) is 18.1 Å². The molecule has 1 heterocycles. The lowest BCUT2D eigenvalue weighted by Gasteiger charge is -2.07. The van der Waals surface area contributed by atoms with E-state index in [9.17, 15) is 9.59 Å². The molecule has 2 aromatic rings. The number of carbonyl (C=O) groups is 1. The molecule has 0 N–H and O–H groups in total. The Hall–Kier alpha value is -2.43. The summed E-state index contributed by atoms with van der Waals surface area (Å²) < 4.78 is 6.52. The number of carbonyl (C=O) groups excluding carboxylic acids is 1. The molecule has 0 aliphatic carbocycles. The van der Waals surface area contributed by atoms with Gasteiger partial charge in [0, 0.05) is 24.6 Å². The van der Waals surface area contributed by atoms with E-state index in [2.05, 4.69) is 5.10 Å². The number of hydrogen-bond acceptors (Lipinski definition) is 4. The lowest BCUT2D eigenvalue weighted by molar-refractivity contribution is -0.143. The highest BCUT2D eigenvalue weighted by molar-refractivity contribution is 5.69. The van der Waals surface area contributed by atoms with Crippen LogP contribution in [0.1, 0.15) is 30.9 Å². The Morgan fingerprint density at radius 2 is 2.00 bits per heavy atom. The fourth-order valence-electron chi connectivity index (χ4n) is 2.10. The molecule has 0 radical (unpaired) electrons. The Morgan fingerprint density at radius 1 is 1.23 bits per heavy atom. The number of nitrogens with zero attached hydrogens (tertiary/aromatic N) is 2. The second kappa shape index (κ2) is 8.12. The molecular formula is C17H20N2O3. The van der Waals surface area contributed by atoms with E-state index >= 15 is 0 Å². The SMILES string of the molecule is CCCC(=O)OCCc1ccnn(Cc2ccccc2)c1=O. The summed E-state index contributed by atoms with van der Waals surface area (Å²) in [5.41, 5.74) is 1.48. The minimum Gasteiger partial charge on any atom is -0.465 e. The molecule has 116 valence electrons. The molecule has 0 aliphatic heterocycles. The molecule has 0 saturated carbocycles. The van der Waals surface area contributed by atoms with Crippen molar-refractivity contribution in [3.8, 4) is 0 Å². The van der Waals surface area contributed by atoms with E-state index < -0.39 is 0 Å². The lowest BCUT2D eigenvalue weighted by atomic mass is 10.2. The summed E-state index contributed by atoms with van der Waals surface area (Å²) in [5.74, 6) is -0.221. The average Bonchev–Trinajstić information content (AvgIpc) is 2.52. The summed E-state index contributed by atoms with van der Waals surface area (Å²) in [7, 11) is 0. The van der Waals surface area contributed by atoms with Crippen LogP contribution in [-0.4, -0.2) is 22.4 Å². The number of rotatable bonds is 7. The first-order chi connectivity index (χ1) is 10.7. The predicted octanol–water partition coefficient (Wildman–Crippen LogP) is 2.18. The van der Waals surface area contributed by atoms with Crippen molar-refractivity contribution >= 4 is 5.97 Å². The molecule has 5 heteroatoms. The van der Waals surface area contributed by atoms with Crippen molar-refractivity contribution in [1.82, 2.24) is 9.78 Å². The van der Waals surface area contributed by atoms with Crippen molar-refractivity contribution < 1.29 is 9.53 Å². The van der Waals surface area contributed by atoms with Crippen LogP contribution in [-0.2, 0) is 22.5 Å². The molecule has 2 rings (SSSR count). The molecule has 0 saturated heterocycles. The van der Waals surface area contributed by atoms with E-state index in [0.717, 1.165) is 12.0 Å². The first-order valence-electron chi connectivity index (χ1n) is 7.45. The van der Waals surface area contributed by atoms with E-state index in [1.54, 1.807) is 12.3 Å². The van der Waals surface area contributed by atoms with E-state index in [-0.39, 0.29) is 18.1 Å². The molecule has 0 unspecified atom stereocenters. The standard InChI is InChI=1S/C17H20N2O3/c1-2-6-16(20)22-12-10-15-9-11-18-19(17(15)21)13-14-7-4-3-5-8-14/h3-5,7-9,11H,2,6,10,12-13H2,1H3. The molecular weight excluding hydrogens is 280 g/mol. The van der Waals surface area contributed by atoms with Gasteiger partial charge in [0.1, 0.15) is 0 Å². The average molecular weight is 300 g/mol. The van der Waals surface area contributed by atoms with Crippen LogP contribution in [0.15, 0.2) is 47.4 Å². The second-order valence-corrected chi connectivity index (χ2v) is 5.03. The normalized spacial score (nSPS) is 10.4. The molecule has 0 atom stereocenters. The van der Waals surface area contributed by atoms with Gasteiger partial charge in [-0.15, -0.1) is 0 Å². The van der Waals surface area contributed by atoms with Gasteiger partial charge in [0.05, 0.1) is 13.2 Å². The Balaban J connectivity index is 2.00. The minimum absolute atomic E-state index is 0.141. The first-order valence-corrected chi connectivity index (χ1v) is 7.45. The highest BCUT2D eigenvalue weighted by Crippen LogP contribution is 2.01. The van der Waals surface area contributed by atoms with Crippen molar-refractivity contribution in [2.75, 3.05) is 6.61 Å². The highest BCUT2D eigenvalue weighted by atomic mass is 16.5. The molecule has 5 nitrogen and oxygen atoms in total. The van der Waals surface area contributed by atoms with Gasteiger partial charge < -0.3 is 4.74 Å². The van der Waals surface area contributed by atoms with Crippen LogP contribution < -0.4 is 5.56 Å². The monoisotopic (exact) mass is 300 g/mol. The smallest absolute Gasteiger partial charge is 0.305 e. The molecule has 0 spiro atoms. The Bertz CT molecular complexity index is 665. The van der Waals surface area contributed by atoms with Gasteiger partial charge in [-0.3, -0.25) is 9.59 Å². The van der Waals surface area contributed by atoms with Crippen LogP contribution in [0.25, 0.3) is 0 Å². The molecule has 0 amide bonds. The summed E-state index contributed by atoms with van der Waals surface area (Å²) in [6, 6.07) is 11.4. The second-order valence-electron chi connectivity index (χ2n) is 5.03. The van der Waals surface area contributed by atoms with Crippen LogP contribution in [0.2, 0.25) is 0 Å². The maximum Gasteiger partial charge on any atom is 0.305 e. The van der Waals surface area contributed by atoms with Gasteiger partial charge in [-0.25, -0.2) is 4.68 Å². The quantitative estimate of drug-likeness (QED) is 0.735. The van der Waals surface area contributed by atoms with Gasteiger partial charge in [-0.2, -0.15) is 5.10 Å². The van der Waals surface area contributed by atoms with Crippen molar-refractivity contribution in [3.05, 3.63) is 64.1 Å². The number of benzene rings is 1. The van der Waals surface area contributed by atoms with Crippen LogP contribution in [0.3, 0.4) is 0 Å². The topological polar surface area (TPSA) is 61.2 Å².